The Labute approximate surface area is 134 Å². The van der Waals surface area contributed by atoms with Crippen molar-refractivity contribution < 1.29 is 5.11 Å². The predicted octanol–water partition coefficient (Wildman–Crippen LogP) is 3.40. The van der Waals surface area contributed by atoms with Crippen LogP contribution in [0.2, 0.25) is 0 Å². The molecule has 0 radical (unpaired) electrons. The molecule has 0 amide bonds. The van der Waals surface area contributed by atoms with Crippen molar-refractivity contribution in [2.45, 2.75) is 25.4 Å². The first-order chi connectivity index (χ1) is 10.00. The lowest BCUT2D eigenvalue weighted by atomic mass is 9.67. The normalized spacial score (nSPS) is 19.0. The van der Waals surface area contributed by atoms with Gasteiger partial charge >= 0.3 is 0 Å². The Hall–Kier alpha value is -1.16. The Morgan fingerprint density at radius 3 is 2.14 bits per heavy atom. The van der Waals surface area contributed by atoms with Gasteiger partial charge in [-0.25, -0.2) is 0 Å². The van der Waals surface area contributed by atoms with Crippen molar-refractivity contribution in [2.75, 3.05) is 6.54 Å². The van der Waals surface area contributed by atoms with Gasteiger partial charge in [0, 0.05) is 16.4 Å². The van der Waals surface area contributed by atoms with E-state index in [4.69, 9.17) is 5.73 Å². The Kier molecular flexibility index (Phi) is 3.68. The Morgan fingerprint density at radius 2 is 1.62 bits per heavy atom. The van der Waals surface area contributed by atoms with Crippen molar-refractivity contribution >= 4 is 15.9 Å². The minimum atomic E-state index is -0.985. The average Bonchev–Trinajstić information content (AvgIpc) is 2.88. The van der Waals surface area contributed by atoms with E-state index >= 15 is 0 Å². The molecule has 0 heterocycles. The molecular weight excluding hydrogens is 326 g/mol. The Morgan fingerprint density at radius 1 is 1.10 bits per heavy atom. The van der Waals surface area contributed by atoms with E-state index in [1.165, 1.54) is 11.1 Å². The van der Waals surface area contributed by atoms with Gasteiger partial charge in [-0.3, -0.25) is 0 Å². The van der Waals surface area contributed by atoms with E-state index in [2.05, 4.69) is 40.2 Å². The molecule has 0 aromatic heterocycles. The van der Waals surface area contributed by atoms with Gasteiger partial charge in [-0.15, -0.1) is 0 Å². The van der Waals surface area contributed by atoms with E-state index in [1.807, 2.05) is 31.2 Å². The fourth-order valence-corrected chi connectivity index (χ4v) is 4.19. The standard InChI is InChI=1S/C18H20BrNO/c1-17(21,15-8-4-5-9-16(15)19)18(12-20)10-13-6-2-3-7-14(13)11-18/h2-9,21H,10-12,20H2,1H3. The molecule has 0 aliphatic heterocycles. The van der Waals surface area contributed by atoms with Gasteiger partial charge < -0.3 is 10.8 Å². The van der Waals surface area contributed by atoms with Gasteiger partial charge in [0.1, 0.15) is 0 Å². The van der Waals surface area contributed by atoms with Gasteiger partial charge in [0.25, 0.3) is 0 Å². The van der Waals surface area contributed by atoms with Crippen molar-refractivity contribution in [3.8, 4) is 0 Å². The summed E-state index contributed by atoms with van der Waals surface area (Å²) in [4.78, 5) is 0. The van der Waals surface area contributed by atoms with Gasteiger partial charge in [-0.2, -0.15) is 0 Å². The predicted molar refractivity (Wildman–Crippen MR) is 89.1 cm³/mol. The van der Waals surface area contributed by atoms with Crippen LogP contribution in [-0.4, -0.2) is 11.7 Å². The van der Waals surface area contributed by atoms with Gasteiger partial charge in [0.05, 0.1) is 5.60 Å². The molecule has 0 bridgehead atoms. The first-order valence-corrected chi connectivity index (χ1v) is 8.04. The third kappa shape index (κ3) is 2.24. The van der Waals surface area contributed by atoms with Crippen molar-refractivity contribution in [1.29, 1.82) is 0 Å². The van der Waals surface area contributed by atoms with E-state index in [9.17, 15) is 5.11 Å². The van der Waals surface area contributed by atoms with Gasteiger partial charge in [0.2, 0.25) is 0 Å². The molecule has 2 aromatic carbocycles. The van der Waals surface area contributed by atoms with E-state index in [-0.39, 0.29) is 5.41 Å². The highest BCUT2D eigenvalue weighted by Crippen LogP contribution is 2.50. The fraction of sp³-hybridized carbons (Fsp3) is 0.333. The molecule has 3 heteroatoms. The van der Waals surface area contributed by atoms with Crippen molar-refractivity contribution in [3.05, 3.63) is 69.7 Å². The van der Waals surface area contributed by atoms with Crippen LogP contribution in [0.3, 0.4) is 0 Å². The molecule has 2 nitrogen and oxygen atoms in total. The van der Waals surface area contributed by atoms with Crippen LogP contribution in [0.25, 0.3) is 0 Å². The molecule has 1 aliphatic carbocycles. The maximum atomic E-state index is 11.4. The third-order valence-electron chi connectivity index (χ3n) is 5.00. The number of aliphatic hydroxyl groups is 1. The molecule has 21 heavy (non-hydrogen) atoms. The third-order valence-corrected chi connectivity index (χ3v) is 5.69. The Bertz CT molecular complexity index is 641. The number of nitrogens with two attached hydrogens (primary N) is 1. The zero-order chi connectivity index (χ0) is 15.1. The number of hydrogen-bond donors (Lipinski definition) is 2. The SMILES string of the molecule is CC(O)(c1ccccc1Br)C1(CN)Cc2ccccc2C1. The number of fused-ring (bicyclic) bond motifs is 1. The summed E-state index contributed by atoms with van der Waals surface area (Å²) in [6, 6.07) is 16.3. The van der Waals surface area contributed by atoms with Gasteiger partial charge in [-0.05, 0) is 42.5 Å². The van der Waals surface area contributed by atoms with Crippen molar-refractivity contribution in [1.82, 2.24) is 0 Å². The van der Waals surface area contributed by atoms with Crippen LogP contribution in [0.1, 0.15) is 23.6 Å². The molecule has 0 spiro atoms. The van der Waals surface area contributed by atoms with Crippen LogP contribution in [0, 0.1) is 5.41 Å². The maximum Gasteiger partial charge on any atom is 0.0953 e. The van der Waals surface area contributed by atoms with E-state index in [0.717, 1.165) is 22.9 Å². The lowest BCUT2D eigenvalue weighted by Gasteiger charge is -2.43. The van der Waals surface area contributed by atoms with E-state index in [0.29, 0.717) is 6.54 Å². The summed E-state index contributed by atoms with van der Waals surface area (Å²) in [7, 11) is 0. The zero-order valence-corrected chi connectivity index (χ0v) is 13.7. The van der Waals surface area contributed by atoms with Crippen LogP contribution in [0.5, 0.6) is 0 Å². The zero-order valence-electron chi connectivity index (χ0n) is 12.1. The largest absolute Gasteiger partial charge is 0.385 e. The van der Waals surface area contributed by atoms with Gasteiger partial charge in [-0.1, -0.05) is 58.4 Å². The minimum Gasteiger partial charge on any atom is -0.385 e. The highest BCUT2D eigenvalue weighted by molar-refractivity contribution is 9.10. The smallest absolute Gasteiger partial charge is 0.0953 e. The van der Waals surface area contributed by atoms with Crippen molar-refractivity contribution in [3.63, 3.8) is 0 Å². The highest BCUT2D eigenvalue weighted by atomic mass is 79.9. The number of benzene rings is 2. The first-order valence-electron chi connectivity index (χ1n) is 7.24. The summed E-state index contributed by atoms with van der Waals surface area (Å²) < 4.78 is 0.929. The summed E-state index contributed by atoms with van der Waals surface area (Å²) >= 11 is 3.57. The molecular formula is C18H20BrNO. The quantitative estimate of drug-likeness (QED) is 0.895. The molecule has 110 valence electrons. The molecule has 3 N–H and O–H groups in total. The molecule has 1 aliphatic rings. The second-order valence-electron chi connectivity index (χ2n) is 6.16. The molecule has 3 rings (SSSR count). The van der Waals surface area contributed by atoms with Crippen LogP contribution in [0.15, 0.2) is 53.0 Å². The fourth-order valence-electron chi connectivity index (χ4n) is 3.52. The van der Waals surface area contributed by atoms with Crippen LogP contribution >= 0.6 is 15.9 Å². The van der Waals surface area contributed by atoms with E-state index < -0.39 is 5.60 Å². The Balaban J connectivity index is 2.07. The number of rotatable bonds is 3. The maximum absolute atomic E-state index is 11.4. The molecule has 0 saturated carbocycles. The second kappa shape index (κ2) is 5.24. The summed E-state index contributed by atoms with van der Waals surface area (Å²) in [5.74, 6) is 0. The van der Waals surface area contributed by atoms with Crippen LogP contribution < -0.4 is 5.73 Å². The second-order valence-corrected chi connectivity index (χ2v) is 7.01. The number of halogens is 1. The van der Waals surface area contributed by atoms with Gasteiger partial charge in [0.15, 0.2) is 0 Å². The summed E-state index contributed by atoms with van der Waals surface area (Å²) in [6.07, 6.45) is 1.63. The molecule has 1 unspecified atom stereocenters. The highest BCUT2D eigenvalue weighted by Gasteiger charge is 2.51. The summed E-state index contributed by atoms with van der Waals surface area (Å²) in [5, 5.41) is 11.4. The topological polar surface area (TPSA) is 46.2 Å². The van der Waals surface area contributed by atoms with Crippen LogP contribution in [0.4, 0.5) is 0 Å². The van der Waals surface area contributed by atoms with Crippen molar-refractivity contribution in [2.24, 2.45) is 11.1 Å². The molecule has 1 atom stereocenters. The lowest BCUT2D eigenvalue weighted by Crippen LogP contribution is -2.49. The summed E-state index contributed by atoms with van der Waals surface area (Å²) in [6.45, 7) is 2.35. The molecule has 2 aromatic rings. The molecule has 0 saturated heterocycles. The molecule has 0 fully saturated rings. The van der Waals surface area contributed by atoms with E-state index in [1.54, 1.807) is 0 Å². The summed E-state index contributed by atoms with van der Waals surface area (Å²) in [5.41, 5.74) is 8.31. The monoisotopic (exact) mass is 345 g/mol. The first kappa shape index (κ1) is 14.8. The average molecular weight is 346 g/mol. The lowest BCUT2D eigenvalue weighted by molar-refractivity contribution is -0.0681. The minimum absolute atomic E-state index is 0.361. The number of hydrogen-bond acceptors (Lipinski definition) is 2. The van der Waals surface area contributed by atoms with Crippen LogP contribution in [-0.2, 0) is 18.4 Å².